The Bertz CT molecular complexity index is 322. The van der Waals surface area contributed by atoms with E-state index >= 15 is 0 Å². The molecule has 1 saturated heterocycles. The average Bonchev–Trinajstić information content (AvgIpc) is 2.90. The summed E-state index contributed by atoms with van der Waals surface area (Å²) in [5.74, 6) is 0.518. The summed E-state index contributed by atoms with van der Waals surface area (Å²) in [5, 5.41) is 9.00. The third-order valence-electron chi connectivity index (χ3n) is 2.30. The largest absolute Gasteiger partial charge is 0.379 e. The van der Waals surface area contributed by atoms with Crippen LogP contribution in [0.3, 0.4) is 0 Å². The topological polar surface area (TPSA) is 89.3 Å². The van der Waals surface area contributed by atoms with Crippen LogP contribution in [0.5, 0.6) is 0 Å². The minimum Gasteiger partial charge on any atom is -0.379 e. The third kappa shape index (κ3) is 3.20. The number of amides is 2. The Morgan fingerprint density at radius 3 is 3.25 bits per heavy atom. The van der Waals surface area contributed by atoms with Crippen LogP contribution in [0.25, 0.3) is 0 Å². The molecule has 2 rings (SSSR count). The molecule has 1 fully saturated rings. The zero-order chi connectivity index (χ0) is 11.2. The van der Waals surface area contributed by atoms with Crippen LogP contribution >= 0.6 is 0 Å². The van der Waals surface area contributed by atoms with Gasteiger partial charge in [0, 0.05) is 19.6 Å². The van der Waals surface area contributed by atoms with Crippen molar-refractivity contribution >= 4 is 6.03 Å². The molecular formula is C9H14N4O3. The second-order valence-corrected chi connectivity index (χ2v) is 3.55. The van der Waals surface area contributed by atoms with Crippen LogP contribution in [0.2, 0.25) is 0 Å². The summed E-state index contributed by atoms with van der Waals surface area (Å²) in [5.41, 5.74) is 0. The smallest absolute Gasteiger partial charge is 0.315 e. The maximum Gasteiger partial charge on any atom is 0.315 e. The highest BCUT2D eigenvalue weighted by Gasteiger charge is 2.17. The number of ether oxygens (including phenoxy) is 1. The summed E-state index contributed by atoms with van der Waals surface area (Å²) >= 11 is 0. The van der Waals surface area contributed by atoms with Gasteiger partial charge in [-0.1, -0.05) is 5.16 Å². The fraction of sp³-hybridized carbons (Fsp3) is 0.667. The zero-order valence-corrected chi connectivity index (χ0v) is 8.81. The van der Waals surface area contributed by atoms with Gasteiger partial charge in [-0.2, -0.15) is 4.98 Å². The highest BCUT2D eigenvalue weighted by atomic mass is 16.5. The maximum atomic E-state index is 11.4. The second kappa shape index (κ2) is 5.45. The van der Waals surface area contributed by atoms with Crippen LogP contribution in [-0.2, 0) is 11.2 Å². The van der Waals surface area contributed by atoms with Gasteiger partial charge in [0.2, 0.25) is 5.89 Å². The molecule has 7 nitrogen and oxygen atoms in total. The van der Waals surface area contributed by atoms with Gasteiger partial charge in [-0.25, -0.2) is 4.79 Å². The van der Waals surface area contributed by atoms with E-state index in [0.717, 1.165) is 6.42 Å². The van der Waals surface area contributed by atoms with Gasteiger partial charge in [-0.05, 0) is 6.42 Å². The Balaban J connectivity index is 1.60. The first-order valence-corrected chi connectivity index (χ1v) is 5.22. The number of urea groups is 1. The van der Waals surface area contributed by atoms with Gasteiger partial charge < -0.3 is 19.9 Å². The molecule has 2 heterocycles. The van der Waals surface area contributed by atoms with E-state index in [2.05, 4.69) is 20.8 Å². The molecule has 0 spiro atoms. The van der Waals surface area contributed by atoms with Crippen LogP contribution in [0.4, 0.5) is 4.79 Å². The molecule has 2 amide bonds. The fourth-order valence-electron chi connectivity index (χ4n) is 1.47. The Morgan fingerprint density at radius 2 is 2.56 bits per heavy atom. The molecule has 88 valence electrons. The van der Waals surface area contributed by atoms with E-state index in [9.17, 15) is 4.79 Å². The molecule has 0 saturated carbocycles. The number of carbonyl (C=O) groups is 1. The third-order valence-corrected chi connectivity index (χ3v) is 2.30. The molecule has 0 aromatic carbocycles. The number of hydrogen-bond acceptors (Lipinski definition) is 5. The van der Waals surface area contributed by atoms with Crippen LogP contribution < -0.4 is 10.6 Å². The van der Waals surface area contributed by atoms with Crippen LogP contribution in [0.15, 0.2) is 10.9 Å². The lowest BCUT2D eigenvalue weighted by molar-refractivity contribution is 0.188. The maximum absolute atomic E-state index is 11.4. The van der Waals surface area contributed by atoms with E-state index in [-0.39, 0.29) is 12.1 Å². The van der Waals surface area contributed by atoms with Crippen molar-refractivity contribution < 1.29 is 14.1 Å². The Morgan fingerprint density at radius 1 is 1.62 bits per heavy atom. The molecule has 1 aliphatic rings. The number of hydrogen-bond donors (Lipinski definition) is 2. The molecule has 7 heteroatoms. The van der Waals surface area contributed by atoms with Gasteiger partial charge >= 0.3 is 6.03 Å². The standard InChI is InChI=1S/C9H14N4O3/c14-9(13-7-2-4-15-5-7)10-3-1-8-11-6-12-16-8/h6-7H,1-5H2,(H2,10,13,14). The van der Waals surface area contributed by atoms with Gasteiger partial charge in [0.05, 0.1) is 12.6 Å². The molecule has 0 bridgehead atoms. The summed E-state index contributed by atoms with van der Waals surface area (Å²) in [6.45, 7) is 1.78. The molecule has 2 N–H and O–H groups in total. The number of carbonyl (C=O) groups excluding carboxylic acids is 1. The lowest BCUT2D eigenvalue weighted by atomic mass is 10.3. The Kier molecular flexibility index (Phi) is 3.71. The Labute approximate surface area is 92.5 Å². The van der Waals surface area contributed by atoms with Crippen molar-refractivity contribution in [2.75, 3.05) is 19.8 Å². The molecule has 1 aromatic rings. The van der Waals surface area contributed by atoms with Gasteiger partial charge in [-0.3, -0.25) is 0 Å². The monoisotopic (exact) mass is 226 g/mol. The summed E-state index contributed by atoms with van der Waals surface area (Å²) < 4.78 is 9.94. The van der Waals surface area contributed by atoms with E-state index in [1.54, 1.807) is 0 Å². The molecule has 0 aliphatic carbocycles. The van der Waals surface area contributed by atoms with Gasteiger partial charge in [0.25, 0.3) is 0 Å². The highest BCUT2D eigenvalue weighted by Crippen LogP contribution is 2.02. The predicted molar refractivity (Wildman–Crippen MR) is 53.8 cm³/mol. The van der Waals surface area contributed by atoms with Crippen molar-refractivity contribution in [1.29, 1.82) is 0 Å². The summed E-state index contributed by atoms with van der Waals surface area (Å²) in [7, 11) is 0. The first-order valence-electron chi connectivity index (χ1n) is 5.22. The molecule has 1 unspecified atom stereocenters. The summed E-state index contributed by atoms with van der Waals surface area (Å²) in [6, 6.07) is -0.0570. The molecule has 1 aromatic heterocycles. The van der Waals surface area contributed by atoms with E-state index in [0.29, 0.717) is 32.1 Å². The minimum atomic E-state index is -0.185. The van der Waals surface area contributed by atoms with Crippen LogP contribution in [0, 0.1) is 0 Å². The van der Waals surface area contributed by atoms with Crippen molar-refractivity contribution in [3.05, 3.63) is 12.2 Å². The lowest BCUT2D eigenvalue weighted by Crippen LogP contribution is -2.42. The van der Waals surface area contributed by atoms with Crippen molar-refractivity contribution in [2.45, 2.75) is 18.9 Å². The van der Waals surface area contributed by atoms with Crippen LogP contribution in [0.1, 0.15) is 12.3 Å². The van der Waals surface area contributed by atoms with E-state index in [4.69, 9.17) is 9.26 Å². The molecule has 16 heavy (non-hydrogen) atoms. The molecular weight excluding hydrogens is 212 g/mol. The normalized spacial score (nSPS) is 19.6. The Hall–Kier alpha value is -1.63. The molecule has 1 aliphatic heterocycles. The van der Waals surface area contributed by atoms with Crippen molar-refractivity contribution in [1.82, 2.24) is 20.8 Å². The number of nitrogens with zero attached hydrogens (tertiary/aromatic N) is 2. The molecule has 0 radical (unpaired) electrons. The van der Waals surface area contributed by atoms with Gasteiger partial charge in [-0.15, -0.1) is 0 Å². The van der Waals surface area contributed by atoms with Crippen molar-refractivity contribution in [3.63, 3.8) is 0 Å². The first kappa shape index (κ1) is 10.9. The first-order chi connectivity index (χ1) is 7.84. The van der Waals surface area contributed by atoms with E-state index < -0.39 is 0 Å². The summed E-state index contributed by atoms with van der Waals surface area (Å²) in [6.07, 6.45) is 2.75. The van der Waals surface area contributed by atoms with Crippen molar-refractivity contribution in [2.24, 2.45) is 0 Å². The second-order valence-electron chi connectivity index (χ2n) is 3.55. The van der Waals surface area contributed by atoms with E-state index in [1.165, 1.54) is 6.33 Å². The number of nitrogens with one attached hydrogen (secondary N) is 2. The van der Waals surface area contributed by atoms with Gasteiger partial charge in [0.15, 0.2) is 6.33 Å². The number of aromatic nitrogens is 2. The van der Waals surface area contributed by atoms with Crippen LogP contribution in [-0.4, -0.2) is 42.0 Å². The fourth-order valence-corrected chi connectivity index (χ4v) is 1.47. The van der Waals surface area contributed by atoms with Gasteiger partial charge in [0.1, 0.15) is 0 Å². The average molecular weight is 226 g/mol. The van der Waals surface area contributed by atoms with E-state index in [1.807, 2.05) is 0 Å². The zero-order valence-electron chi connectivity index (χ0n) is 8.81. The minimum absolute atomic E-state index is 0.128. The summed E-state index contributed by atoms with van der Waals surface area (Å²) in [4.78, 5) is 15.2. The van der Waals surface area contributed by atoms with Crippen molar-refractivity contribution in [3.8, 4) is 0 Å². The SMILES string of the molecule is O=C(NCCc1ncno1)NC1CCOC1. The lowest BCUT2D eigenvalue weighted by Gasteiger charge is -2.10. The highest BCUT2D eigenvalue weighted by molar-refractivity contribution is 5.74. The quantitative estimate of drug-likeness (QED) is 0.735. The number of rotatable bonds is 4. The molecule has 1 atom stereocenters. The predicted octanol–water partition coefficient (Wildman–Crippen LogP) is -0.300.